The number of carbonyl (C=O) groups excluding carboxylic acids is 2. The lowest BCUT2D eigenvalue weighted by Gasteiger charge is -2.18. The number of benzene rings is 1. The van der Waals surface area contributed by atoms with Crippen molar-refractivity contribution in [3.8, 4) is 0 Å². The summed E-state index contributed by atoms with van der Waals surface area (Å²) in [4.78, 5) is 29.6. The summed E-state index contributed by atoms with van der Waals surface area (Å²) >= 11 is 4.79. The van der Waals surface area contributed by atoms with Crippen LogP contribution in [0.5, 0.6) is 0 Å². The molecule has 6 heteroatoms. The van der Waals surface area contributed by atoms with E-state index in [1.54, 1.807) is 18.0 Å². The maximum atomic E-state index is 12.3. The topological polar surface area (TPSA) is 50.3 Å². The van der Waals surface area contributed by atoms with E-state index < -0.39 is 0 Å². The zero-order chi connectivity index (χ0) is 15.7. The summed E-state index contributed by atoms with van der Waals surface area (Å²) in [5.41, 5.74) is 0. The number of hydrogen-bond acceptors (Lipinski definition) is 4. The van der Waals surface area contributed by atoms with Crippen molar-refractivity contribution in [2.75, 3.05) is 17.2 Å². The lowest BCUT2D eigenvalue weighted by Crippen LogP contribution is -2.26. The minimum atomic E-state index is 0.0779. The Balaban J connectivity index is 1.90. The first-order chi connectivity index (χ1) is 10.6. The first kappa shape index (κ1) is 15.5. The number of nitrogens with zero attached hydrogens (tertiary/aromatic N) is 2. The average molecular weight is 379 g/mol. The quantitative estimate of drug-likeness (QED) is 0.817. The molecule has 1 saturated heterocycles. The Morgan fingerprint density at radius 2 is 2.14 bits per heavy atom. The fraction of sp³-hybridized carbons (Fsp3) is 0.312. The minimum Gasteiger partial charge on any atom is -0.296 e. The van der Waals surface area contributed by atoms with Crippen LogP contribution in [0.2, 0.25) is 0 Å². The number of pyridine rings is 1. The highest BCUT2D eigenvalue weighted by Crippen LogP contribution is 2.33. The van der Waals surface area contributed by atoms with Crippen molar-refractivity contribution in [2.24, 2.45) is 5.92 Å². The normalized spacial score (nSPS) is 18.2. The summed E-state index contributed by atoms with van der Waals surface area (Å²) in [7, 11) is 0. The number of thioether (sulfide) groups is 1. The first-order valence-corrected chi connectivity index (χ1v) is 8.81. The number of rotatable bonds is 3. The number of aromatic nitrogens is 1. The fourth-order valence-electron chi connectivity index (χ4n) is 2.69. The van der Waals surface area contributed by atoms with Crippen molar-refractivity contribution in [2.45, 2.75) is 13.3 Å². The predicted octanol–water partition coefficient (Wildman–Crippen LogP) is 3.63. The van der Waals surface area contributed by atoms with Gasteiger partial charge in [0, 0.05) is 47.1 Å². The summed E-state index contributed by atoms with van der Waals surface area (Å²) in [6.45, 7) is 2.18. The van der Waals surface area contributed by atoms with E-state index in [-0.39, 0.29) is 16.9 Å². The van der Waals surface area contributed by atoms with E-state index in [0.717, 1.165) is 15.2 Å². The second-order valence-electron chi connectivity index (χ2n) is 5.35. The predicted molar refractivity (Wildman–Crippen MR) is 93.0 cm³/mol. The molecule has 22 heavy (non-hydrogen) atoms. The smallest absolute Gasteiger partial charge is 0.228 e. The second kappa shape index (κ2) is 6.38. The third-order valence-electron chi connectivity index (χ3n) is 3.71. The van der Waals surface area contributed by atoms with Crippen LogP contribution < -0.4 is 4.90 Å². The van der Waals surface area contributed by atoms with Gasteiger partial charge in [-0.1, -0.05) is 36.0 Å². The molecule has 1 unspecified atom stereocenters. The zero-order valence-electron chi connectivity index (χ0n) is 12.1. The molecule has 0 N–H and O–H groups in total. The molecule has 4 nitrogen and oxygen atoms in total. The van der Waals surface area contributed by atoms with Gasteiger partial charge in [0.1, 0.15) is 5.82 Å². The average Bonchev–Trinajstić information content (AvgIpc) is 2.87. The lowest BCUT2D eigenvalue weighted by atomic mass is 10.1. The highest BCUT2D eigenvalue weighted by Gasteiger charge is 2.32. The van der Waals surface area contributed by atoms with Crippen molar-refractivity contribution in [1.82, 2.24) is 4.98 Å². The van der Waals surface area contributed by atoms with E-state index >= 15 is 0 Å². The van der Waals surface area contributed by atoms with Gasteiger partial charge >= 0.3 is 0 Å². The Labute approximate surface area is 141 Å². The lowest BCUT2D eigenvalue weighted by molar-refractivity contribution is -0.117. The van der Waals surface area contributed by atoms with E-state index in [4.69, 9.17) is 0 Å². The van der Waals surface area contributed by atoms with Crippen LogP contribution >= 0.6 is 27.7 Å². The van der Waals surface area contributed by atoms with Crippen LogP contribution in [0.3, 0.4) is 0 Å². The number of halogens is 1. The summed E-state index contributed by atoms with van der Waals surface area (Å²) in [6.07, 6.45) is 2.22. The minimum absolute atomic E-state index is 0.0779. The van der Waals surface area contributed by atoms with Crippen LogP contribution in [0.1, 0.15) is 13.3 Å². The van der Waals surface area contributed by atoms with Crippen LogP contribution in [-0.2, 0) is 9.59 Å². The Morgan fingerprint density at radius 3 is 2.86 bits per heavy atom. The summed E-state index contributed by atoms with van der Waals surface area (Å²) < 4.78 is 0.919. The first-order valence-electron chi connectivity index (χ1n) is 7.03. The zero-order valence-corrected chi connectivity index (χ0v) is 14.5. The number of amides is 1. The molecule has 1 aliphatic rings. The Hall–Kier alpha value is -1.40. The SMILES string of the molecule is CC(=O)SCC1CC(=O)N(c2ncc(Br)c3ccccc23)C1. The van der Waals surface area contributed by atoms with Crippen molar-refractivity contribution < 1.29 is 9.59 Å². The molecule has 1 fully saturated rings. The standard InChI is InChI=1S/C16H15BrN2O2S/c1-10(20)22-9-11-6-15(21)19(8-11)16-13-5-3-2-4-12(13)14(17)7-18-16/h2-5,7,11H,6,8-9H2,1H3. The van der Waals surface area contributed by atoms with Gasteiger partial charge in [-0.05, 0) is 21.8 Å². The summed E-state index contributed by atoms with van der Waals surface area (Å²) in [5.74, 6) is 1.67. The third kappa shape index (κ3) is 3.03. The van der Waals surface area contributed by atoms with E-state index in [1.807, 2.05) is 24.3 Å². The Morgan fingerprint density at radius 1 is 1.41 bits per heavy atom. The van der Waals surface area contributed by atoms with Gasteiger partial charge in [-0.2, -0.15) is 0 Å². The molecule has 0 saturated carbocycles. The van der Waals surface area contributed by atoms with E-state index in [2.05, 4.69) is 20.9 Å². The van der Waals surface area contributed by atoms with Crippen LogP contribution in [0.4, 0.5) is 5.82 Å². The number of anilines is 1. The Bertz CT molecular complexity index is 750. The molecular weight excluding hydrogens is 364 g/mol. The van der Waals surface area contributed by atoms with Gasteiger partial charge < -0.3 is 0 Å². The molecule has 0 radical (unpaired) electrons. The molecule has 1 aliphatic heterocycles. The van der Waals surface area contributed by atoms with Gasteiger partial charge in [0.2, 0.25) is 5.91 Å². The molecule has 0 aliphatic carbocycles. The molecule has 114 valence electrons. The highest BCUT2D eigenvalue weighted by atomic mass is 79.9. The van der Waals surface area contributed by atoms with Gasteiger partial charge in [0.25, 0.3) is 0 Å². The third-order valence-corrected chi connectivity index (χ3v) is 5.39. The summed E-state index contributed by atoms with van der Waals surface area (Å²) in [5, 5.41) is 2.10. The number of fused-ring (bicyclic) bond motifs is 1. The monoisotopic (exact) mass is 378 g/mol. The second-order valence-corrected chi connectivity index (χ2v) is 7.40. The number of hydrogen-bond donors (Lipinski definition) is 0. The molecule has 1 aromatic carbocycles. The van der Waals surface area contributed by atoms with Crippen LogP contribution in [-0.4, -0.2) is 28.3 Å². The largest absolute Gasteiger partial charge is 0.296 e. The molecular formula is C16H15BrN2O2S. The van der Waals surface area contributed by atoms with E-state index in [9.17, 15) is 9.59 Å². The molecule has 2 heterocycles. The van der Waals surface area contributed by atoms with Crippen molar-refractivity contribution in [3.63, 3.8) is 0 Å². The van der Waals surface area contributed by atoms with E-state index in [0.29, 0.717) is 24.5 Å². The molecule has 1 aromatic heterocycles. The summed E-state index contributed by atoms with van der Waals surface area (Å²) in [6, 6.07) is 7.90. The molecule has 0 spiro atoms. The van der Waals surface area contributed by atoms with Gasteiger partial charge in [-0.15, -0.1) is 0 Å². The Kier molecular flexibility index (Phi) is 4.49. The maximum Gasteiger partial charge on any atom is 0.228 e. The van der Waals surface area contributed by atoms with Gasteiger partial charge in [0.15, 0.2) is 5.12 Å². The van der Waals surface area contributed by atoms with Crippen molar-refractivity contribution >= 4 is 55.3 Å². The molecule has 3 rings (SSSR count). The van der Waals surface area contributed by atoms with Crippen LogP contribution in [0.25, 0.3) is 10.8 Å². The number of carbonyl (C=O) groups is 2. The van der Waals surface area contributed by atoms with E-state index in [1.165, 1.54) is 11.8 Å². The van der Waals surface area contributed by atoms with Crippen LogP contribution in [0, 0.1) is 5.92 Å². The fourth-order valence-corrected chi connectivity index (χ4v) is 3.83. The molecule has 0 bridgehead atoms. The molecule has 1 amide bonds. The maximum absolute atomic E-state index is 12.3. The van der Waals surface area contributed by atoms with Gasteiger partial charge in [-0.25, -0.2) is 4.98 Å². The van der Waals surface area contributed by atoms with Crippen molar-refractivity contribution in [1.29, 1.82) is 0 Å². The van der Waals surface area contributed by atoms with Gasteiger partial charge in [0.05, 0.1) is 0 Å². The highest BCUT2D eigenvalue weighted by molar-refractivity contribution is 9.10. The van der Waals surface area contributed by atoms with Crippen molar-refractivity contribution in [3.05, 3.63) is 34.9 Å². The van der Waals surface area contributed by atoms with Crippen LogP contribution in [0.15, 0.2) is 34.9 Å². The van der Waals surface area contributed by atoms with Gasteiger partial charge in [-0.3, -0.25) is 14.5 Å². The molecule has 2 aromatic rings. The molecule has 1 atom stereocenters.